The zero-order valence-corrected chi connectivity index (χ0v) is 10.7. The van der Waals surface area contributed by atoms with Gasteiger partial charge in [0.1, 0.15) is 0 Å². The van der Waals surface area contributed by atoms with E-state index in [-0.39, 0.29) is 5.91 Å². The Kier molecular flexibility index (Phi) is 2.88. The van der Waals surface area contributed by atoms with Crippen LogP contribution in [0.15, 0.2) is 53.5 Å². The molecule has 94 valence electrons. The normalized spacial score (nSPS) is 14.2. The first-order valence-electron chi connectivity index (χ1n) is 6.25. The molecular formula is C16H14N2O. The fraction of sp³-hybridized carbons (Fsp3) is 0.125. The Hall–Kier alpha value is -2.42. The SMILES string of the molecule is Cc1ccccc1N1C(=O)C=NCc2ccccc21. The molecule has 3 heteroatoms. The van der Waals surface area contributed by atoms with Crippen molar-refractivity contribution in [2.45, 2.75) is 13.5 Å². The largest absolute Gasteiger partial charge is 0.283 e. The number of nitrogens with zero attached hydrogens (tertiary/aromatic N) is 2. The van der Waals surface area contributed by atoms with Crippen molar-refractivity contribution in [3.8, 4) is 0 Å². The second-order valence-corrected chi connectivity index (χ2v) is 4.56. The molecule has 3 rings (SSSR count). The molecule has 2 aromatic rings. The minimum atomic E-state index is -0.0979. The van der Waals surface area contributed by atoms with Crippen LogP contribution in [0.25, 0.3) is 0 Å². The molecule has 3 nitrogen and oxygen atoms in total. The summed E-state index contributed by atoms with van der Waals surface area (Å²) in [6, 6.07) is 15.8. The first-order chi connectivity index (χ1) is 9.27. The Morgan fingerprint density at radius 1 is 1.00 bits per heavy atom. The van der Waals surface area contributed by atoms with Crippen molar-refractivity contribution in [1.29, 1.82) is 0 Å². The van der Waals surface area contributed by atoms with Gasteiger partial charge in [-0.25, -0.2) is 0 Å². The van der Waals surface area contributed by atoms with E-state index in [1.807, 2.05) is 55.5 Å². The van der Waals surface area contributed by atoms with Crippen molar-refractivity contribution < 1.29 is 4.79 Å². The van der Waals surface area contributed by atoms with Crippen molar-refractivity contribution in [2.75, 3.05) is 4.90 Å². The molecule has 0 fully saturated rings. The van der Waals surface area contributed by atoms with Crippen LogP contribution in [0.1, 0.15) is 11.1 Å². The third-order valence-corrected chi connectivity index (χ3v) is 3.27. The topological polar surface area (TPSA) is 32.7 Å². The number of hydrogen-bond acceptors (Lipinski definition) is 2. The number of aliphatic imine (C=N–C) groups is 1. The summed E-state index contributed by atoms with van der Waals surface area (Å²) in [6.07, 6.45) is 1.41. The summed E-state index contributed by atoms with van der Waals surface area (Å²) in [5.41, 5.74) is 3.96. The van der Waals surface area contributed by atoms with E-state index in [0.29, 0.717) is 6.54 Å². The molecule has 0 N–H and O–H groups in total. The van der Waals surface area contributed by atoms with Crippen molar-refractivity contribution in [3.63, 3.8) is 0 Å². The zero-order valence-electron chi connectivity index (χ0n) is 10.7. The van der Waals surface area contributed by atoms with Crippen LogP contribution in [-0.2, 0) is 11.3 Å². The molecule has 0 aromatic heterocycles. The summed E-state index contributed by atoms with van der Waals surface area (Å²) in [6.45, 7) is 2.55. The van der Waals surface area contributed by atoms with Crippen LogP contribution in [0, 0.1) is 6.92 Å². The molecule has 0 saturated carbocycles. The average Bonchev–Trinajstić information content (AvgIpc) is 2.58. The monoisotopic (exact) mass is 250 g/mol. The molecule has 1 aliphatic rings. The number of hydrogen-bond donors (Lipinski definition) is 0. The molecule has 19 heavy (non-hydrogen) atoms. The summed E-state index contributed by atoms with van der Waals surface area (Å²) < 4.78 is 0. The highest BCUT2D eigenvalue weighted by Gasteiger charge is 2.22. The maximum Gasteiger partial charge on any atom is 0.273 e. The first kappa shape index (κ1) is 11.7. The van der Waals surface area contributed by atoms with Gasteiger partial charge in [-0.2, -0.15) is 0 Å². The van der Waals surface area contributed by atoms with Crippen LogP contribution in [0.5, 0.6) is 0 Å². The van der Waals surface area contributed by atoms with E-state index in [1.165, 1.54) is 6.21 Å². The molecule has 1 heterocycles. The molecule has 0 unspecified atom stereocenters. The minimum absolute atomic E-state index is 0.0979. The van der Waals surface area contributed by atoms with E-state index in [9.17, 15) is 4.79 Å². The van der Waals surface area contributed by atoms with Crippen LogP contribution in [0.2, 0.25) is 0 Å². The third-order valence-electron chi connectivity index (χ3n) is 3.27. The van der Waals surface area contributed by atoms with Crippen LogP contribution in [0.3, 0.4) is 0 Å². The lowest BCUT2D eigenvalue weighted by Gasteiger charge is -2.23. The van der Waals surface area contributed by atoms with Gasteiger partial charge in [0.2, 0.25) is 0 Å². The van der Waals surface area contributed by atoms with E-state index in [4.69, 9.17) is 0 Å². The molecule has 1 amide bonds. The van der Waals surface area contributed by atoms with Gasteiger partial charge in [-0.15, -0.1) is 0 Å². The summed E-state index contributed by atoms with van der Waals surface area (Å²) in [4.78, 5) is 18.2. The molecule has 0 aliphatic carbocycles. The predicted molar refractivity (Wildman–Crippen MR) is 77.0 cm³/mol. The molecule has 0 atom stereocenters. The Bertz CT molecular complexity index is 661. The maximum absolute atomic E-state index is 12.3. The van der Waals surface area contributed by atoms with Gasteiger partial charge in [0.25, 0.3) is 5.91 Å². The number of para-hydroxylation sites is 2. The van der Waals surface area contributed by atoms with Crippen LogP contribution in [0.4, 0.5) is 11.4 Å². The molecule has 0 saturated heterocycles. The van der Waals surface area contributed by atoms with Crippen molar-refractivity contribution >= 4 is 23.5 Å². The highest BCUT2D eigenvalue weighted by atomic mass is 16.2. The summed E-state index contributed by atoms with van der Waals surface area (Å²) >= 11 is 0. The van der Waals surface area contributed by atoms with Gasteiger partial charge in [-0.05, 0) is 30.2 Å². The van der Waals surface area contributed by atoms with Crippen molar-refractivity contribution in [3.05, 3.63) is 59.7 Å². The lowest BCUT2D eigenvalue weighted by Crippen LogP contribution is -2.27. The Morgan fingerprint density at radius 3 is 2.47 bits per heavy atom. The average molecular weight is 250 g/mol. The highest BCUT2D eigenvalue weighted by molar-refractivity contribution is 6.35. The second-order valence-electron chi connectivity index (χ2n) is 4.56. The van der Waals surface area contributed by atoms with Gasteiger partial charge in [0, 0.05) is 0 Å². The van der Waals surface area contributed by atoms with E-state index < -0.39 is 0 Å². The highest BCUT2D eigenvalue weighted by Crippen LogP contribution is 2.32. The lowest BCUT2D eigenvalue weighted by atomic mass is 10.1. The zero-order chi connectivity index (χ0) is 13.2. The Balaban J connectivity index is 2.21. The van der Waals surface area contributed by atoms with Gasteiger partial charge in [-0.1, -0.05) is 36.4 Å². The minimum Gasteiger partial charge on any atom is -0.283 e. The quantitative estimate of drug-likeness (QED) is 0.764. The number of carbonyl (C=O) groups excluding carboxylic acids is 1. The lowest BCUT2D eigenvalue weighted by molar-refractivity contribution is -0.111. The van der Waals surface area contributed by atoms with E-state index in [0.717, 1.165) is 22.5 Å². The maximum atomic E-state index is 12.3. The number of fused-ring (bicyclic) bond motifs is 1. The molecule has 2 aromatic carbocycles. The fourth-order valence-electron chi connectivity index (χ4n) is 2.32. The standard InChI is InChI=1S/C16H14N2O/c1-12-6-2-4-8-14(12)18-15-9-5-3-7-13(15)10-17-11-16(18)19/h2-9,11H,10H2,1H3. The number of benzene rings is 2. The Labute approximate surface area is 112 Å². The molecule has 0 spiro atoms. The van der Waals surface area contributed by atoms with Crippen LogP contribution >= 0.6 is 0 Å². The predicted octanol–water partition coefficient (Wildman–Crippen LogP) is 3.24. The van der Waals surface area contributed by atoms with Gasteiger partial charge < -0.3 is 0 Å². The van der Waals surface area contributed by atoms with Gasteiger partial charge in [-0.3, -0.25) is 14.7 Å². The van der Waals surface area contributed by atoms with Gasteiger partial charge in [0.15, 0.2) is 0 Å². The molecule has 0 radical (unpaired) electrons. The van der Waals surface area contributed by atoms with Crippen molar-refractivity contribution in [1.82, 2.24) is 0 Å². The van der Waals surface area contributed by atoms with Crippen LogP contribution in [-0.4, -0.2) is 12.1 Å². The van der Waals surface area contributed by atoms with E-state index in [1.54, 1.807) is 4.90 Å². The smallest absolute Gasteiger partial charge is 0.273 e. The number of amides is 1. The fourth-order valence-corrected chi connectivity index (χ4v) is 2.32. The van der Waals surface area contributed by atoms with Crippen LogP contribution < -0.4 is 4.90 Å². The first-order valence-corrected chi connectivity index (χ1v) is 6.25. The Morgan fingerprint density at radius 2 is 1.68 bits per heavy atom. The number of carbonyl (C=O) groups is 1. The van der Waals surface area contributed by atoms with Gasteiger partial charge in [0.05, 0.1) is 24.1 Å². The summed E-state index contributed by atoms with van der Waals surface area (Å²) in [5, 5.41) is 0. The molecular weight excluding hydrogens is 236 g/mol. The van der Waals surface area contributed by atoms with E-state index >= 15 is 0 Å². The molecule has 1 aliphatic heterocycles. The number of anilines is 2. The second kappa shape index (κ2) is 4.69. The van der Waals surface area contributed by atoms with E-state index in [2.05, 4.69) is 4.99 Å². The number of aryl methyl sites for hydroxylation is 1. The number of rotatable bonds is 1. The third kappa shape index (κ3) is 2.03. The summed E-state index contributed by atoms with van der Waals surface area (Å²) in [5.74, 6) is -0.0979. The molecule has 0 bridgehead atoms. The summed E-state index contributed by atoms with van der Waals surface area (Å²) in [7, 11) is 0. The van der Waals surface area contributed by atoms with Crippen molar-refractivity contribution in [2.24, 2.45) is 4.99 Å². The van der Waals surface area contributed by atoms with Gasteiger partial charge >= 0.3 is 0 Å².